The minimum atomic E-state index is -0.258. The fourth-order valence-electron chi connectivity index (χ4n) is 2.62. The number of nitrogens with one attached hydrogen (secondary N) is 1. The highest BCUT2D eigenvalue weighted by atomic mass is 16.5. The summed E-state index contributed by atoms with van der Waals surface area (Å²) in [6, 6.07) is 13.9. The van der Waals surface area contributed by atoms with Crippen molar-refractivity contribution in [1.29, 1.82) is 0 Å². The van der Waals surface area contributed by atoms with Gasteiger partial charge in [-0.25, -0.2) is 0 Å². The van der Waals surface area contributed by atoms with Crippen molar-refractivity contribution >= 4 is 5.91 Å². The van der Waals surface area contributed by atoms with Crippen LogP contribution in [-0.4, -0.2) is 38.5 Å². The molecule has 7 nitrogen and oxygen atoms in total. The van der Waals surface area contributed by atoms with E-state index in [1.165, 1.54) is 5.56 Å². The van der Waals surface area contributed by atoms with E-state index in [2.05, 4.69) is 32.7 Å². The van der Waals surface area contributed by atoms with Gasteiger partial charge in [-0.05, 0) is 37.5 Å². The van der Waals surface area contributed by atoms with Crippen LogP contribution >= 0.6 is 0 Å². The highest BCUT2D eigenvalue weighted by Gasteiger charge is 2.12. The number of carbonyl (C=O) groups excluding carboxylic acids is 1. The number of aryl methyl sites for hydroxylation is 2. The van der Waals surface area contributed by atoms with Gasteiger partial charge in [0.1, 0.15) is 11.9 Å². The lowest BCUT2D eigenvalue weighted by Crippen LogP contribution is -2.33. The highest BCUT2D eigenvalue weighted by Crippen LogP contribution is 2.08. The van der Waals surface area contributed by atoms with Crippen LogP contribution in [0.25, 0.3) is 0 Å². The number of hydrogen-bond donors (Lipinski definition) is 1. The first-order valence-electron chi connectivity index (χ1n) is 8.99. The van der Waals surface area contributed by atoms with Crippen LogP contribution in [0, 0.1) is 0 Å². The predicted octanol–water partition coefficient (Wildman–Crippen LogP) is 2.50. The van der Waals surface area contributed by atoms with Crippen LogP contribution in [0.1, 0.15) is 29.4 Å². The summed E-state index contributed by atoms with van der Waals surface area (Å²) in [6.07, 6.45) is 6.71. The molecule has 1 N–H and O–H groups in total. The van der Waals surface area contributed by atoms with Crippen LogP contribution in [-0.2, 0) is 13.0 Å². The van der Waals surface area contributed by atoms with E-state index in [1.807, 2.05) is 31.2 Å². The van der Waals surface area contributed by atoms with E-state index in [-0.39, 0.29) is 12.0 Å². The van der Waals surface area contributed by atoms with Crippen LogP contribution < -0.4 is 10.1 Å². The van der Waals surface area contributed by atoms with Crippen molar-refractivity contribution in [3.63, 3.8) is 0 Å². The van der Waals surface area contributed by atoms with Gasteiger partial charge in [0.25, 0.3) is 5.91 Å². The molecule has 0 unspecified atom stereocenters. The molecular weight excluding hydrogens is 342 g/mol. The van der Waals surface area contributed by atoms with Crippen molar-refractivity contribution in [2.75, 3.05) is 6.54 Å². The van der Waals surface area contributed by atoms with Crippen molar-refractivity contribution in [3.8, 4) is 5.75 Å². The molecule has 1 amide bonds. The number of aromatic nitrogens is 4. The van der Waals surface area contributed by atoms with Gasteiger partial charge in [0.05, 0.1) is 18.9 Å². The second kappa shape index (κ2) is 9.47. The van der Waals surface area contributed by atoms with Crippen LogP contribution in [0.15, 0.2) is 61.1 Å². The number of hydrogen-bond acceptors (Lipinski definition) is 5. The number of nitrogens with zero attached hydrogens (tertiary/aromatic N) is 4. The summed E-state index contributed by atoms with van der Waals surface area (Å²) in [4.78, 5) is 16.2. The lowest BCUT2D eigenvalue weighted by Gasteiger charge is -2.14. The fourth-order valence-corrected chi connectivity index (χ4v) is 2.62. The van der Waals surface area contributed by atoms with Gasteiger partial charge in [0.2, 0.25) is 0 Å². The minimum absolute atomic E-state index is 0.181. The smallest absolute Gasteiger partial charge is 0.273 e. The molecule has 0 aliphatic heterocycles. The Morgan fingerprint density at radius 2 is 2.07 bits per heavy atom. The maximum atomic E-state index is 12.2. The van der Waals surface area contributed by atoms with Gasteiger partial charge >= 0.3 is 0 Å². The lowest BCUT2D eigenvalue weighted by atomic mass is 10.1. The van der Waals surface area contributed by atoms with Gasteiger partial charge in [-0.3, -0.25) is 14.5 Å². The lowest BCUT2D eigenvalue weighted by molar-refractivity contribution is 0.0927. The van der Waals surface area contributed by atoms with Crippen molar-refractivity contribution in [2.45, 2.75) is 32.4 Å². The largest absolute Gasteiger partial charge is 0.487 e. The van der Waals surface area contributed by atoms with Crippen LogP contribution in [0.2, 0.25) is 0 Å². The Bertz CT molecular complexity index is 836. The van der Waals surface area contributed by atoms with E-state index < -0.39 is 0 Å². The molecule has 3 rings (SSSR count). The van der Waals surface area contributed by atoms with Crippen molar-refractivity contribution in [3.05, 3.63) is 72.3 Å². The van der Waals surface area contributed by atoms with Gasteiger partial charge in [-0.2, -0.15) is 0 Å². The number of ether oxygens (including phenoxy) is 1. The summed E-state index contributed by atoms with van der Waals surface area (Å²) in [6.45, 7) is 2.97. The van der Waals surface area contributed by atoms with Crippen LogP contribution in [0.5, 0.6) is 5.75 Å². The normalized spacial score (nSPS) is 11.7. The Kier molecular flexibility index (Phi) is 6.51. The monoisotopic (exact) mass is 365 g/mol. The zero-order chi connectivity index (χ0) is 18.9. The van der Waals surface area contributed by atoms with Crippen LogP contribution in [0.4, 0.5) is 0 Å². The average Bonchev–Trinajstić information content (AvgIpc) is 3.17. The number of pyridine rings is 1. The van der Waals surface area contributed by atoms with E-state index >= 15 is 0 Å². The molecular formula is C20H23N5O2. The summed E-state index contributed by atoms with van der Waals surface area (Å²) in [5.41, 5.74) is 1.60. The van der Waals surface area contributed by atoms with E-state index in [1.54, 1.807) is 29.3 Å². The van der Waals surface area contributed by atoms with E-state index in [9.17, 15) is 4.79 Å². The Morgan fingerprint density at radius 3 is 2.85 bits per heavy atom. The molecule has 0 radical (unpaired) electrons. The molecule has 27 heavy (non-hydrogen) atoms. The minimum Gasteiger partial charge on any atom is -0.487 e. The summed E-state index contributed by atoms with van der Waals surface area (Å²) < 4.78 is 7.38. The molecule has 1 aromatic carbocycles. The maximum absolute atomic E-state index is 12.2. The summed E-state index contributed by atoms with van der Waals surface area (Å²) in [5, 5.41) is 10.8. The van der Waals surface area contributed by atoms with E-state index in [0.29, 0.717) is 18.0 Å². The molecule has 0 bridgehead atoms. The predicted molar refractivity (Wildman–Crippen MR) is 101 cm³/mol. The van der Waals surface area contributed by atoms with Gasteiger partial charge < -0.3 is 10.1 Å². The van der Waals surface area contributed by atoms with Gasteiger partial charge in [0, 0.05) is 12.7 Å². The van der Waals surface area contributed by atoms with Gasteiger partial charge in [0.15, 0.2) is 5.69 Å². The first-order chi connectivity index (χ1) is 13.2. The topological polar surface area (TPSA) is 81.9 Å². The third-order valence-corrected chi connectivity index (χ3v) is 3.99. The van der Waals surface area contributed by atoms with Crippen molar-refractivity contribution in [1.82, 2.24) is 25.3 Å². The molecule has 2 heterocycles. The van der Waals surface area contributed by atoms with Crippen LogP contribution in [0.3, 0.4) is 0 Å². The first-order valence-corrected chi connectivity index (χ1v) is 8.99. The molecule has 2 aromatic heterocycles. The fraction of sp³-hybridized carbons (Fsp3) is 0.300. The Morgan fingerprint density at radius 1 is 1.22 bits per heavy atom. The molecule has 0 aliphatic rings. The summed E-state index contributed by atoms with van der Waals surface area (Å²) in [7, 11) is 0. The standard InChI is InChI=1S/C20H23N5O2/c1-16(27-18-10-5-11-21-14-18)13-22-20(26)19-15-25(24-23-19)12-6-9-17-7-3-2-4-8-17/h2-5,7-8,10-11,14-16H,6,9,12-13H2,1H3,(H,22,26)/t16-/m0/s1. The highest BCUT2D eigenvalue weighted by molar-refractivity contribution is 5.91. The number of rotatable bonds is 9. The second-order valence-electron chi connectivity index (χ2n) is 6.28. The Labute approximate surface area is 158 Å². The zero-order valence-corrected chi connectivity index (χ0v) is 15.3. The second-order valence-corrected chi connectivity index (χ2v) is 6.28. The zero-order valence-electron chi connectivity index (χ0n) is 15.3. The van der Waals surface area contributed by atoms with Crippen molar-refractivity contribution in [2.24, 2.45) is 0 Å². The molecule has 0 saturated carbocycles. The molecule has 140 valence electrons. The third-order valence-electron chi connectivity index (χ3n) is 3.99. The molecule has 1 atom stereocenters. The third kappa shape index (κ3) is 5.91. The summed E-state index contributed by atoms with van der Waals surface area (Å²) >= 11 is 0. The first kappa shape index (κ1) is 18.6. The van der Waals surface area contributed by atoms with Crippen molar-refractivity contribution < 1.29 is 9.53 Å². The molecule has 0 aliphatic carbocycles. The molecule has 0 saturated heterocycles. The Balaban J connectivity index is 1.41. The molecule has 0 fully saturated rings. The average molecular weight is 365 g/mol. The Hall–Kier alpha value is -3.22. The molecule has 0 spiro atoms. The maximum Gasteiger partial charge on any atom is 0.273 e. The van der Waals surface area contributed by atoms with Gasteiger partial charge in [-0.15, -0.1) is 5.10 Å². The van der Waals surface area contributed by atoms with Gasteiger partial charge in [-0.1, -0.05) is 35.5 Å². The van der Waals surface area contributed by atoms with E-state index in [0.717, 1.165) is 19.4 Å². The SMILES string of the molecule is C[C@@H](CNC(=O)c1cn(CCCc2ccccc2)nn1)Oc1cccnc1. The molecule has 7 heteroatoms. The molecule has 3 aromatic rings. The quantitative estimate of drug-likeness (QED) is 0.630. The number of amides is 1. The number of carbonyl (C=O) groups is 1. The van der Waals surface area contributed by atoms with E-state index in [4.69, 9.17) is 4.74 Å². The summed E-state index contributed by atoms with van der Waals surface area (Å²) in [5.74, 6) is 0.412. The number of benzene rings is 1.